The van der Waals surface area contributed by atoms with Gasteiger partial charge in [0.25, 0.3) is 5.91 Å². The SMILES string of the molecule is Cc1ccc(C(=O)N2C[C@H]3CCC[C@@H](C2)N(C)C3)n1C(F)F. The van der Waals surface area contributed by atoms with Gasteiger partial charge in [-0.3, -0.25) is 9.36 Å². The number of likely N-dealkylation sites (tertiary alicyclic amines) is 1. The van der Waals surface area contributed by atoms with Gasteiger partial charge in [0.05, 0.1) is 0 Å². The number of alkyl halides is 2. The fourth-order valence-electron chi connectivity index (χ4n) is 3.84. The van der Waals surface area contributed by atoms with Gasteiger partial charge in [-0.2, -0.15) is 8.78 Å². The van der Waals surface area contributed by atoms with Gasteiger partial charge in [-0.1, -0.05) is 6.42 Å². The maximum atomic E-state index is 13.2. The number of amides is 1. The summed E-state index contributed by atoms with van der Waals surface area (Å²) in [6.45, 7) is 1.23. The van der Waals surface area contributed by atoms with Crippen LogP contribution < -0.4 is 0 Å². The molecule has 1 aromatic heterocycles. The zero-order valence-corrected chi connectivity index (χ0v) is 13.1. The molecule has 0 N–H and O–H groups in total. The number of carbonyl (C=O) groups excluding carboxylic acids is 1. The number of hydrogen-bond donors (Lipinski definition) is 0. The van der Waals surface area contributed by atoms with E-state index in [4.69, 9.17) is 0 Å². The number of fused-ring (bicyclic) bond motifs is 3. The molecule has 2 saturated heterocycles. The van der Waals surface area contributed by atoms with Crippen LogP contribution >= 0.6 is 0 Å². The quantitative estimate of drug-likeness (QED) is 0.840. The smallest absolute Gasteiger partial charge is 0.319 e. The predicted molar refractivity (Wildman–Crippen MR) is 80.1 cm³/mol. The number of aromatic nitrogens is 1. The summed E-state index contributed by atoms with van der Waals surface area (Å²) < 4.78 is 27.3. The third-order valence-electron chi connectivity index (χ3n) is 5.05. The second kappa shape index (κ2) is 5.99. The third-order valence-corrected chi connectivity index (χ3v) is 5.05. The van der Waals surface area contributed by atoms with Crippen molar-refractivity contribution in [2.75, 3.05) is 26.7 Å². The Labute approximate surface area is 129 Å². The Balaban J connectivity index is 1.86. The maximum Gasteiger partial charge on any atom is 0.319 e. The highest BCUT2D eigenvalue weighted by atomic mass is 19.3. The van der Waals surface area contributed by atoms with Gasteiger partial charge in [0.1, 0.15) is 5.69 Å². The highest BCUT2D eigenvalue weighted by Crippen LogP contribution is 2.27. The number of carbonyl (C=O) groups is 1. The van der Waals surface area contributed by atoms with E-state index in [0.29, 0.717) is 30.7 Å². The molecule has 0 aromatic carbocycles. The number of halogens is 2. The van der Waals surface area contributed by atoms with Crippen LogP contribution in [0.5, 0.6) is 0 Å². The summed E-state index contributed by atoms with van der Waals surface area (Å²) in [7, 11) is 2.10. The molecule has 1 amide bonds. The number of aryl methyl sites for hydroxylation is 1. The molecule has 2 aliphatic rings. The highest BCUT2D eigenvalue weighted by molar-refractivity contribution is 5.93. The molecule has 122 valence electrons. The Kier molecular flexibility index (Phi) is 4.21. The molecule has 3 heterocycles. The molecule has 2 bridgehead atoms. The van der Waals surface area contributed by atoms with E-state index in [1.165, 1.54) is 12.5 Å². The zero-order chi connectivity index (χ0) is 15.9. The molecule has 6 heteroatoms. The number of rotatable bonds is 2. The second-order valence-corrected chi connectivity index (χ2v) is 6.61. The molecule has 22 heavy (non-hydrogen) atoms. The summed E-state index contributed by atoms with van der Waals surface area (Å²) >= 11 is 0. The Hall–Kier alpha value is -1.43. The lowest BCUT2D eigenvalue weighted by Gasteiger charge is -2.30. The molecule has 3 rings (SSSR count). The van der Waals surface area contributed by atoms with Gasteiger partial charge in [-0.25, -0.2) is 0 Å². The van der Waals surface area contributed by atoms with Crippen LogP contribution in [0.1, 0.15) is 42.0 Å². The lowest BCUT2D eigenvalue weighted by molar-refractivity contribution is 0.0531. The van der Waals surface area contributed by atoms with E-state index >= 15 is 0 Å². The molecule has 0 unspecified atom stereocenters. The van der Waals surface area contributed by atoms with E-state index in [0.717, 1.165) is 24.0 Å². The molecule has 1 aromatic rings. The first-order chi connectivity index (χ1) is 10.5. The van der Waals surface area contributed by atoms with Gasteiger partial charge < -0.3 is 9.80 Å². The minimum Gasteiger partial charge on any atom is -0.335 e. The summed E-state index contributed by atoms with van der Waals surface area (Å²) in [5, 5.41) is 0. The highest BCUT2D eigenvalue weighted by Gasteiger charge is 2.34. The minimum atomic E-state index is -2.68. The van der Waals surface area contributed by atoms with Crippen LogP contribution in [0, 0.1) is 12.8 Å². The van der Waals surface area contributed by atoms with Crippen molar-refractivity contribution in [3.8, 4) is 0 Å². The Morgan fingerprint density at radius 3 is 2.73 bits per heavy atom. The van der Waals surface area contributed by atoms with Crippen molar-refractivity contribution in [1.29, 1.82) is 0 Å². The number of nitrogens with zero attached hydrogens (tertiary/aromatic N) is 3. The van der Waals surface area contributed by atoms with Crippen molar-refractivity contribution < 1.29 is 13.6 Å². The van der Waals surface area contributed by atoms with Gasteiger partial charge in [0.2, 0.25) is 0 Å². The summed E-state index contributed by atoms with van der Waals surface area (Å²) in [4.78, 5) is 16.9. The number of likely N-dealkylation sites (N-methyl/N-ethyl adjacent to an activating group) is 1. The van der Waals surface area contributed by atoms with E-state index in [1.807, 2.05) is 0 Å². The van der Waals surface area contributed by atoms with Gasteiger partial charge in [-0.05, 0) is 44.9 Å². The molecule has 0 saturated carbocycles. The summed E-state index contributed by atoms with van der Waals surface area (Å²) in [5.74, 6) is 0.179. The van der Waals surface area contributed by atoms with E-state index in [9.17, 15) is 13.6 Å². The normalized spacial score (nSPS) is 26.3. The van der Waals surface area contributed by atoms with Gasteiger partial charge in [0.15, 0.2) is 0 Å². The molecule has 0 radical (unpaired) electrons. The second-order valence-electron chi connectivity index (χ2n) is 6.61. The molecule has 2 aliphatic heterocycles. The average molecular weight is 311 g/mol. The zero-order valence-electron chi connectivity index (χ0n) is 13.1. The van der Waals surface area contributed by atoms with E-state index in [-0.39, 0.29) is 11.6 Å². The lowest BCUT2D eigenvalue weighted by atomic mass is 9.99. The molecule has 0 aliphatic carbocycles. The van der Waals surface area contributed by atoms with E-state index < -0.39 is 6.55 Å². The fourth-order valence-corrected chi connectivity index (χ4v) is 3.84. The maximum absolute atomic E-state index is 13.2. The number of hydrogen-bond acceptors (Lipinski definition) is 2. The Morgan fingerprint density at radius 2 is 2.00 bits per heavy atom. The summed E-state index contributed by atoms with van der Waals surface area (Å²) in [6.07, 6.45) is 3.37. The first-order valence-corrected chi connectivity index (χ1v) is 7.93. The predicted octanol–water partition coefficient (Wildman–Crippen LogP) is 2.75. The summed E-state index contributed by atoms with van der Waals surface area (Å²) in [6, 6.07) is 3.45. The topological polar surface area (TPSA) is 28.5 Å². The van der Waals surface area contributed by atoms with Crippen LogP contribution in [0.25, 0.3) is 0 Å². The average Bonchev–Trinajstić information content (AvgIpc) is 2.64. The first-order valence-electron chi connectivity index (χ1n) is 7.93. The largest absolute Gasteiger partial charge is 0.335 e. The van der Waals surface area contributed by atoms with Gasteiger partial charge in [-0.15, -0.1) is 0 Å². The third kappa shape index (κ3) is 2.76. The molecule has 4 nitrogen and oxygen atoms in total. The van der Waals surface area contributed by atoms with Crippen molar-refractivity contribution >= 4 is 5.91 Å². The lowest BCUT2D eigenvalue weighted by Crippen LogP contribution is -2.42. The Morgan fingerprint density at radius 1 is 1.23 bits per heavy atom. The fraction of sp³-hybridized carbons (Fsp3) is 0.688. The van der Waals surface area contributed by atoms with Crippen LogP contribution in [-0.2, 0) is 0 Å². The van der Waals surface area contributed by atoms with Crippen LogP contribution in [0.4, 0.5) is 8.78 Å². The standard InChI is InChI=1S/C16H23F2N3O/c1-11-6-7-14(21(11)16(17)18)15(22)20-9-12-4-3-5-13(10-20)19(2)8-12/h6-7,12-13,16H,3-5,8-10H2,1-2H3/t12-,13-/m0/s1. The van der Waals surface area contributed by atoms with Crippen molar-refractivity contribution in [3.63, 3.8) is 0 Å². The van der Waals surface area contributed by atoms with Gasteiger partial charge in [0, 0.05) is 31.4 Å². The Bertz CT molecular complexity index is 558. The van der Waals surface area contributed by atoms with Crippen molar-refractivity contribution in [2.24, 2.45) is 5.92 Å². The van der Waals surface area contributed by atoms with Gasteiger partial charge >= 0.3 is 6.55 Å². The van der Waals surface area contributed by atoms with Crippen LogP contribution in [0.15, 0.2) is 12.1 Å². The van der Waals surface area contributed by atoms with E-state index in [1.54, 1.807) is 17.9 Å². The van der Waals surface area contributed by atoms with Crippen molar-refractivity contribution in [1.82, 2.24) is 14.4 Å². The van der Waals surface area contributed by atoms with Crippen LogP contribution in [-0.4, -0.2) is 53.0 Å². The molecular weight excluding hydrogens is 288 g/mol. The monoisotopic (exact) mass is 311 g/mol. The minimum absolute atomic E-state index is 0.107. The van der Waals surface area contributed by atoms with Crippen molar-refractivity contribution in [3.05, 3.63) is 23.5 Å². The van der Waals surface area contributed by atoms with Crippen LogP contribution in [0.3, 0.4) is 0 Å². The molecule has 2 atom stereocenters. The first kappa shape index (κ1) is 15.5. The van der Waals surface area contributed by atoms with Crippen molar-refractivity contribution in [2.45, 2.75) is 38.8 Å². The molecular formula is C16H23F2N3O. The van der Waals surface area contributed by atoms with Crippen LogP contribution in [0.2, 0.25) is 0 Å². The molecule has 2 fully saturated rings. The summed E-state index contributed by atoms with van der Waals surface area (Å²) in [5.41, 5.74) is 0.528. The molecule has 0 spiro atoms. The van der Waals surface area contributed by atoms with E-state index in [2.05, 4.69) is 11.9 Å².